The Bertz CT molecular complexity index is 741. The highest BCUT2D eigenvalue weighted by molar-refractivity contribution is 7.90. The molecule has 158 valence electrons. The van der Waals surface area contributed by atoms with Crippen molar-refractivity contribution in [3.8, 4) is 0 Å². The van der Waals surface area contributed by atoms with Crippen molar-refractivity contribution in [2.24, 2.45) is 0 Å². The lowest BCUT2D eigenvalue weighted by atomic mass is 9.93. The summed E-state index contributed by atoms with van der Waals surface area (Å²) in [5, 5.41) is 2.31. The maximum absolute atomic E-state index is 12.7. The van der Waals surface area contributed by atoms with Gasteiger partial charge in [-0.05, 0) is 61.9 Å². The van der Waals surface area contributed by atoms with E-state index in [1.54, 1.807) is 0 Å². The van der Waals surface area contributed by atoms with Gasteiger partial charge in [-0.15, -0.1) is 0 Å². The Morgan fingerprint density at radius 3 is 2.11 bits per heavy atom. The molecule has 0 atom stereocenters. The second-order valence-corrected chi connectivity index (χ2v) is 10.2. The number of nitrogens with one attached hydrogen (secondary N) is 2. The molecule has 0 radical (unpaired) electrons. The largest absolute Gasteiger partial charge is 0.332 e. The molecule has 2 rings (SSSR count). The molecular formula is C21H35N3O3S. The van der Waals surface area contributed by atoms with Crippen LogP contribution in [-0.2, 0) is 10.0 Å². The number of rotatable bonds is 7. The molecule has 1 saturated heterocycles. The maximum Gasteiger partial charge on any atom is 0.332 e. The molecule has 0 saturated carbocycles. The number of hydrogen-bond acceptors (Lipinski definition) is 4. The fourth-order valence-electron chi connectivity index (χ4n) is 3.81. The molecule has 2 amide bonds. The quantitative estimate of drug-likeness (QED) is 0.705. The number of amides is 2. The van der Waals surface area contributed by atoms with Gasteiger partial charge in [0.1, 0.15) is 0 Å². The molecule has 1 heterocycles. The number of sulfonamides is 1. The number of hydrogen-bond donors (Lipinski definition) is 2. The summed E-state index contributed by atoms with van der Waals surface area (Å²) < 4.78 is 27.7. The van der Waals surface area contributed by atoms with Gasteiger partial charge in [0.2, 0.25) is 10.0 Å². The number of benzene rings is 1. The second-order valence-electron chi connectivity index (χ2n) is 8.26. The molecule has 0 aliphatic carbocycles. The zero-order chi connectivity index (χ0) is 20.9. The average Bonchev–Trinajstić information content (AvgIpc) is 2.61. The third kappa shape index (κ3) is 5.70. The van der Waals surface area contributed by atoms with Crippen LogP contribution in [-0.4, -0.2) is 44.2 Å². The number of likely N-dealkylation sites (tertiary alicyclic amines) is 1. The molecule has 0 spiro atoms. The van der Waals surface area contributed by atoms with E-state index >= 15 is 0 Å². The first-order valence-corrected chi connectivity index (χ1v) is 11.9. The van der Waals surface area contributed by atoms with E-state index in [-0.39, 0.29) is 11.8 Å². The molecule has 7 heteroatoms. The number of urea groups is 1. The van der Waals surface area contributed by atoms with Gasteiger partial charge in [0.25, 0.3) is 0 Å². The Labute approximate surface area is 170 Å². The summed E-state index contributed by atoms with van der Waals surface area (Å²) in [7, 11) is -3.70. The molecular weight excluding hydrogens is 374 g/mol. The highest BCUT2D eigenvalue weighted by Gasteiger charge is 2.31. The zero-order valence-electron chi connectivity index (χ0n) is 17.8. The smallest absolute Gasteiger partial charge is 0.307 e. The van der Waals surface area contributed by atoms with E-state index in [9.17, 15) is 13.2 Å². The molecule has 1 aromatic rings. The van der Waals surface area contributed by atoms with Gasteiger partial charge in [-0.1, -0.05) is 52.8 Å². The first-order chi connectivity index (χ1) is 13.2. The predicted octanol–water partition coefficient (Wildman–Crippen LogP) is 4.26. The van der Waals surface area contributed by atoms with E-state index in [2.05, 4.69) is 49.6 Å². The Balaban J connectivity index is 2.10. The van der Waals surface area contributed by atoms with E-state index < -0.39 is 21.3 Å². The fraction of sp³-hybridized carbons (Fsp3) is 0.667. The van der Waals surface area contributed by atoms with Crippen LogP contribution in [0.4, 0.5) is 10.5 Å². The molecule has 0 bridgehead atoms. The minimum Gasteiger partial charge on any atom is -0.307 e. The minimum absolute atomic E-state index is 0.216. The summed E-state index contributed by atoms with van der Waals surface area (Å²) in [5.74, 6) is 0.432. The summed E-state index contributed by atoms with van der Waals surface area (Å²) in [6.45, 7) is 12.9. The molecule has 0 aromatic heterocycles. The van der Waals surface area contributed by atoms with Gasteiger partial charge in [-0.25, -0.2) is 17.9 Å². The summed E-state index contributed by atoms with van der Waals surface area (Å²) in [6.07, 6.45) is 2.18. The van der Waals surface area contributed by atoms with Gasteiger partial charge in [-0.2, -0.15) is 0 Å². The Morgan fingerprint density at radius 1 is 1.11 bits per heavy atom. The van der Waals surface area contributed by atoms with Crippen molar-refractivity contribution in [1.82, 2.24) is 9.62 Å². The van der Waals surface area contributed by atoms with Crippen LogP contribution >= 0.6 is 0 Å². The van der Waals surface area contributed by atoms with Crippen molar-refractivity contribution >= 4 is 21.7 Å². The van der Waals surface area contributed by atoms with Gasteiger partial charge in [-0.3, -0.25) is 0 Å². The number of nitrogens with zero attached hydrogens (tertiary/aromatic N) is 1. The van der Waals surface area contributed by atoms with Crippen LogP contribution in [0.3, 0.4) is 0 Å². The van der Waals surface area contributed by atoms with Gasteiger partial charge < -0.3 is 10.2 Å². The molecule has 1 aliphatic rings. The first-order valence-electron chi connectivity index (χ1n) is 10.3. The van der Waals surface area contributed by atoms with Crippen molar-refractivity contribution in [1.29, 1.82) is 0 Å². The van der Waals surface area contributed by atoms with Gasteiger partial charge in [0.05, 0.1) is 5.25 Å². The molecule has 6 nitrogen and oxygen atoms in total. The van der Waals surface area contributed by atoms with Crippen LogP contribution in [0.2, 0.25) is 0 Å². The molecule has 2 N–H and O–H groups in total. The molecule has 28 heavy (non-hydrogen) atoms. The van der Waals surface area contributed by atoms with E-state index in [4.69, 9.17) is 0 Å². The van der Waals surface area contributed by atoms with Gasteiger partial charge in [0, 0.05) is 5.69 Å². The summed E-state index contributed by atoms with van der Waals surface area (Å²) in [6, 6.07) is 5.26. The number of carbonyl (C=O) groups is 1. The first kappa shape index (κ1) is 22.7. The Kier molecular flexibility index (Phi) is 7.89. The van der Waals surface area contributed by atoms with Crippen molar-refractivity contribution in [3.63, 3.8) is 0 Å². The number of anilines is 1. The molecule has 1 fully saturated rings. The van der Waals surface area contributed by atoms with Crippen molar-refractivity contribution in [3.05, 3.63) is 29.3 Å². The summed E-state index contributed by atoms with van der Waals surface area (Å²) in [4.78, 5) is 14.9. The zero-order valence-corrected chi connectivity index (χ0v) is 18.6. The van der Waals surface area contributed by atoms with E-state index in [1.165, 1.54) is 0 Å². The van der Waals surface area contributed by atoms with Crippen molar-refractivity contribution in [2.75, 3.05) is 25.0 Å². The van der Waals surface area contributed by atoms with Crippen LogP contribution in [0, 0.1) is 0 Å². The van der Waals surface area contributed by atoms with E-state index in [0.717, 1.165) is 42.9 Å². The highest BCUT2D eigenvalue weighted by atomic mass is 32.2. The summed E-state index contributed by atoms with van der Waals surface area (Å²) in [5.41, 5.74) is 2.73. The Hall–Kier alpha value is -1.60. The number of para-hydroxylation sites is 1. The second kappa shape index (κ2) is 9.74. The number of piperidine rings is 1. The molecule has 1 aromatic carbocycles. The molecule has 1 aliphatic heterocycles. The fourth-order valence-corrected chi connectivity index (χ4v) is 5.11. The topological polar surface area (TPSA) is 78.5 Å². The third-order valence-electron chi connectivity index (χ3n) is 5.36. The van der Waals surface area contributed by atoms with Gasteiger partial charge >= 0.3 is 6.03 Å². The van der Waals surface area contributed by atoms with E-state index in [0.29, 0.717) is 12.8 Å². The third-order valence-corrected chi connectivity index (χ3v) is 7.18. The standard InChI is InChI=1S/C21H35N3O3S/c1-6-12-24-13-10-17(11-14-24)28(26,27)23-21(25)22-20-18(15(2)3)8-7-9-19(20)16(4)5/h7-9,15-17H,6,10-14H2,1-5H3,(H2,22,23,25). The lowest BCUT2D eigenvalue weighted by molar-refractivity contribution is 0.229. The van der Waals surface area contributed by atoms with Crippen LogP contribution in [0.15, 0.2) is 18.2 Å². The maximum atomic E-state index is 12.7. The van der Waals surface area contributed by atoms with Crippen LogP contribution in [0.5, 0.6) is 0 Å². The van der Waals surface area contributed by atoms with Crippen LogP contribution in [0.25, 0.3) is 0 Å². The van der Waals surface area contributed by atoms with E-state index in [1.807, 2.05) is 18.2 Å². The SMILES string of the molecule is CCCN1CCC(S(=O)(=O)NC(=O)Nc2c(C(C)C)cccc2C(C)C)CC1. The predicted molar refractivity (Wildman–Crippen MR) is 115 cm³/mol. The Morgan fingerprint density at radius 2 is 1.64 bits per heavy atom. The van der Waals surface area contributed by atoms with Crippen molar-refractivity contribution in [2.45, 2.75) is 71.0 Å². The summed E-state index contributed by atoms with van der Waals surface area (Å²) >= 11 is 0. The normalized spacial score (nSPS) is 16.5. The highest BCUT2D eigenvalue weighted by Crippen LogP contribution is 2.32. The van der Waals surface area contributed by atoms with Crippen molar-refractivity contribution < 1.29 is 13.2 Å². The molecule has 0 unspecified atom stereocenters. The van der Waals surface area contributed by atoms with Crippen LogP contribution in [0.1, 0.15) is 76.8 Å². The lowest BCUT2D eigenvalue weighted by Gasteiger charge is -2.31. The number of carbonyl (C=O) groups excluding carboxylic acids is 1. The van der Waals surface area contributed by atoms with Gasteiger partial charge in [0.15, 0.2) is 0 Å². The lowest BCUT2D eigenvalue weighted by Crippen LogP contribution is -2.46. The average molecular weight is 410 g/mol. The monoisotopic (exact) mass is 409 g/mol. The van der Waals surface area contributed by atoms with Crippen LogP contribution < -0.4 is 10.0 Å². The minimum atomic E-state index is -3.70.